The second-order valence-electron chi connectivity index (χ2n) is 7.15. The lowest BCUT2D eigenvalue weighted by atomic mass is 9.90. The van der Waals surface area contributed by atoms with E-state index >= 15 is 0 Å². The summed E-state index contributed by atoms with van der Waals surface area (Å²) < 4.78 is 0. The first-order chi connectivity index (χ1) is 11.9. The molecule has 0 saturated carbocycles. The highest BCUT2D eigenvalue weighted by Crippen LogP contribution is 2.32. The van der Waals surface area contributed by atoms with E-state index in [2.05, 4.69) is 17.8 Å². The van der Waals surface area contributed by atoms with Gasteiger partial charge in [0.05, 0.1) is 10.8 Å². The van der Waals surface area contributed by atoms with Crippen molar-refractivity contribution in [3.63, 3.8) is 0 Å². The molecule has 2 N–H and O–H groups in total. The number of piperidine rings is 1. The molecule has 1 saturated heterocycles. The molecule has 0 unspecified atom stereocenters. The smallest absolute Gasteiger partial charge is 0.279 e. The number of rotatable bonds is 2. The van der Waals surface area contributed by atoms with Crippen LogP contribution >= 0.6 is 11.3 Å². The van der Waals surface area contributed by atoms with E-state index in [1.54, 1.807) is 4.90 Å². The van der Waals surface area contributed by atoms with Crippen LogP contribution in [0.4, 0.5) is 0 Å². The highest BCUT2D eigenvalue weighted by molar-refractivity contribution is 7.14. The maximum Gasteiger partial charge on any atom is 0.279 e. The molecule has 2 heterocycles. The largest absolute Gasteiger partial charge is 0.342 e. The molecule has 1 aliphatic carbocycles. The van der Waals surface area contributed by atoms with E-state index < -0.39 is 0 Å². The van der Waals surface area contributed by atoms with E-state index in [1.807, 2.05) is 6.07 Å². The van der Waals surface area contributed by atoms with Crippen LogP contribution in [-0.2, 0) is 22.4 Å². The van der Waals surface area contributed by atoms with Crippen LogP contribution in [0.3, 0.4) is 0 Å². The Morgan fingerprint density at radius 2 is 2.04 bits per heavy atom. The van der Waals surface area contributed by atoms with Crippen LogP contribution in [0.25, 0.3) is 0 Å². The highest BCUT2D eigenvalue weighted by Gasteiger charge is 2.27. The van der Waals surface area contributed by atoms with Gasteiger partial charge in [-0.15, -0.1) is 11.3 Å². The Hall–Kier alpha value is -1.89. The van der Waals surface area contributed by atoms with E-state index in [-0.39, 0.29) is 23.6 Å². The fourth-order valence-corrected chi connectivity index (χ4v) is 4.68. The number of hydrogen-bond donors (Lipinski definition) is 2. The number of nitrogens with zero attached hydrogens (tertiary/aromatic N) is 1. The first-order valence-electron chi connectivity index (χ1n) is 8.91. The van der Waals surface area contributed by atoms with Gasteiger partial charge in [0.15, 0.2) is 0 Å². The van der Waals surface area contributed by atoms with Crippen molar-refractivity contribution in [2.75, 3.05) is 13.1 Å². The molecule has 2 aliphatic rings. The second kappa shape index (κ2) is 7.56. The molecule has 7 heteroatoms. The summed E-state index contributed by atoms with van der Waals surface area (Å²) in [4.78, 5) is 39.7. The van der Waals surface area contributed by atoms with Gasteiger partial charge < -0.3 is 4.90 Å². The van der Waals surface area contributed by atoms with Gasteiger partial charge in [-0.2, -0.15) is 0 Å². The Balaban J connectivity index is 1.53. The molecule has 1 aromatic heterocycles. The van der Waals surface area contributed by atoms with Crippen molar-refractivity contribution in [1.82, 2.24) is 15.8 Å². The predicted molar refractivity (Wildman–Crippen MR) is 96.1 cm³/mol. The Morgan fingerprint density at radius 3 is 2.80 bits per heavy atom. The Labute approximate surface area is 151 Å². The zero-order valence-electron chi connectivity index (χ0n) is 14.8. The first kappa shape index (κ1) is 17.9. The lowest BCUT2D eigenvalue weighted by Gasteiger charge is -2.31. The molecule has 2 atom stereocenters. The molecule has 136 valence electrons. The number of carbonyl (C=O) groups excluding carboxylic acids is 3. The maximum absolute atomic E-state index is 12.3. The fraction of sp³-hybridized carbons (Fsp3) is 0.611. The molecule has 1 fully saturated rings. The van der Waals surface area contributed by atoms with Crippen molar-refractivity contribution in [1.29, 1.82) is 0 Å². The highest BCUT2D eigenvalue weighted by atomic mass is 32.1. The zero-order valence-corrected chi connectivity index (χ0v) is 15.6. The molecule has 1 aromatic rings. The average Bonchev–Trinajstić information content (AvgIpc) is 3.02. The van der Waals surface area contributed by atoms with Crippen LogP contribution in [0.15, 0.2) is 6.07 Å². The molecule has 25 heavy (non-hydrogen) atoms. The first-order valence-corrected chi connectivity index (χ1v) is 9.73. The lowest BCUT2D eigenvalue weighted by Crippen LogP contribution is -2.49. The summed E-state index contributed by atoms with van der Waals surface area (Å²) in [5.41, 5.74) is 6.33. The molecule has 0 spiro atoms. The fourth-order valence-electron chi connectivity index (χ4n) is 3.58. The van der Waals surface area contributed by atoms with Gasteiger partial charge in [-0.25, -0.2) is 0 Å². The van der Waals surface area contributed by atoms with Gasteiger partial charge in [-0.3, -0.25) is 25.2 Å². The van der Waals surface area contributed by atoms with E-state index in [4.69, 9.17) is 0 Å². The quantitative estimate of drug-likeness (QED) is 0.788. The third kappa shape index (κ3) is 4.21. The summed E-state index contributed by atoms with van der Waals surface area (Å²) in [6.45, 7) is 4.86. The van der Waals surface area contributed by atoms with Gasteiger partial charge in [-0.05, 0) is 49.7 Å². The third-order valence-electron chi connectivity index (χ3n) is 5.09. The molecule has 3 amide bonds. The summed E-state index contributed by atoms with van der Waals surface area (Å²) in [6.07, 6.45) is 4.76. The minimum Gasteiger partial charge on any atom is -0.342 e. The molecule has 1 aliphatic heterocycles. The van der Waals surface area contributed by atoms with Crippen molar-refractivity contribution in [3.8, 4) is 0 Å². The van der Waals surface area contributed by atoms with Crippen LogP contribution in [-0.4, -0.2) is 35.7 Å². The molecule has 0 bridgehead atoms. The van der Waals surface area contributed by atoms with E-state index in [0.29, 0.717) is 23.9 Å². The second-order valence-corrected chi connectivity index (χ2v) is 8.29. The van der Waals surface area contributed by atoms with Crippen LogP contribution in [0.2, 0.25) is 0 Å². The normalized spacial score (nSPS) is 22.9. The summed E-state index contributed by atoms with van der Waals surface area (Å²) in [5, 5.41) is 0. The van der Waals surface area contributed by atoms with E-state index in [1.165, 1.54) is 35.1 Å². The minimum absolute atomic E-state index is 0.0140. The molecule has 6 nitrogen and oxygen atoms in total. The summed E-state index contributed by atoms with van der Waals surface area (Å²) >= 11 is 1.52. The molecule has 0 radical (unpaired) electrons. The Kier molecular flexibility index (Phi) is 5.42. The topological polar surface area (TPSA) is 78.5 Å². The number of hydrazine groups is 1. The van der Waals surface area contributed by atoms with Crippen LogP contribution < -0.4 is 10.9 Å². The zero-order chi connectivity index (χ0) is 18.0. The number of fused-ring (bicyclic) bond motifs is 1. The summed E-state index contributed by atoms with van der Waals surface area (Å²) in [5.74, 6) is -0.114. The van der Waals surface area contributed by atoms with Crippen molar-refractivity contribution >= 4 is 29.1 Å². The van der Waals surface area contributed by atoms with Gasteiger partial charge in [0, 0.05) is 24.9 Å². The summed E-state index contributed by atoms with van der Waals surface area (Å²) in [6, 6.07) is 1.95. The number of likely N-dealkylation sites (tertiary alicyclic amines) is 1. The van der Waals surface area contributed by atoms with Crippen molar-refractivity contribution in [2.45, 2.75) is 46.0 Å². The van der Waals surface area contributed by atoms with Gasteiger partial charge in [-0.1, -0.05) is 6.92 Å². The van der Waals surface area contributed by atoms with Crippen LogP contribution in [0.5, 0.6) is 0 Å². The minimum atomic E-state index is -0.268. The van der Waals surface area contributed by atoms with E-state index in [0.717, 1.165) is 25.7 Å². The van der Waals surface area contributed by atoms with Crippen molar-refractivity contribution < 1.29 is 14.4 Å². The number of thiophene rings is 1. The number of hydrogen-bond acceptors (Lipinski definition) is 4. The average molecular weight is 363 g/mol. The molecular weight excluding hydrogens is 338 g/mol. The van der Waals surface area contributed by atoms with Crippen LogP contribution in [0, 0.1) is 11.8 Å². The monoisotopic (exact) mass is 363 g/mol. The molecular formula is C18H25N3O3S. The molecule has 0 aromatic carbocycles. The number of carbonyl (C=O) groups is 3. The Morgan fingerprint density at radius 1 is 1.24 bits per heavy atom. The number of aryl methyl sites for hydroxylation is 1. The van der Waals surface area contributed by atoms with Crippen LogP contribution in [0.1, 0.15) is 53.2 Å². The van der Waals surface area contributed by atoms with Gasteiger partial charge in [0.25, 0.3) is 5.91 Å². The summed E-state index contributed by atoms with van der Waals surface area (Å²) in [7, 11) is 0. The third-order valence-corrected chi connectivity index (χ3v) is 6.33. The van der Waals surface area contributed by atoms with Gasteiger partial charge in [0.1, 0.15) is 0 Å². The number of nitrogens with one attached hydrogen (secondary N) is 2. The maximum atomic E-state index is 12.3. The number of amides is 3. The van der Waals surface area contributed by atoms with Crippen molar-refractivity contribution in [2.24, 2.45) is 11.8 Å². The van der Waals surface area contributed by atoms with Gasteiger partial charge >= 0.3 is 0 Å². The molecule has 3 rings (SSSR count). The standard InChI is InChI=1S/C18H25N3O3S/c1-11-5-6-15-14(8-11)9-16(25-15)18(24)20-19-17(23)13-4-3-7-21(10-13)12(2)22/h9,11,13H,3-8,10H2,1-2H3,(H,19,23)(H,20,24)/t11-,13-/m0/s1. The predicted octanol–water partition coefficient (Wildman–Crippen LogP) is 1.89. The van der Waals surface area contributed by atoms with Crippen molar-refractivity contribution in [3.05, 3.63) is 21.4 Å². The lowest BCUT2D eigenvalue weighted by molar-refractivity contribution is -0.134. The Bertz CT molecular complexity index is 685. The van der Waals surface area contributed by atoms with E-state index in [9.17, 15) is 14.4 Å². The SMILES string of the molecule is CC(=O)N1CCC[C@H](C(=O)NNC(=O)c2cc3c(s2)CC[C@H](C)C3)C1. The van der Waals surface area contributed by atoms with Gasteiger partial charge in [0.2, 0.25) is 11.8 Å².